The molecule has 100 valence electrons. The van der Waals surface area contributed by atoms with Gasteiger partial charge in [-0.15, -0.1) is 0 Å². The molecule has 7 heteroatoms. The summed E-state index contributed by atoms with van der Waals surface area (Å²) < 4.78 is 4.59. The topological polar surface area (TPSA) is 121 Å². The largest absolute Gasteiger partial charge is 0.391 e. The van der Waals surface area contributed by atoms with Crippen LogP contribution in [-0.2, 0) is 14.3 Å². The maximum absolute atomic E-state index is 11.4. The number of ether oxygens (including phenoxy) is 1. The van der Waals surface area contributed by atoms with Gasteiger partial charge >= 0.3 is 11.9 Å². The Hall–Kier alpha value is -0.630. The van der Waals surface area contributed by atoms with Crippen LogP contribution in [-0.4, -0.2) is 42.6 Å². The van der Waals surface area contributed by atoms with Gasteiger partial charge in [-0.2, -0.15) is 11.8 Å². The quantitative estimate of drug-likeness (QED) is 0.387. The standard InChI is InChI=1S/C10H21N3O3S/c1-17-6-4-8(13)10(15)16-9(14)7(12)3-2-5-11/h7-8H,2-6,11-13H2,1H3/t7-,8-/m0/s1. The van der Waals surface area contributed by atoms with Crippen molar-refractivity contribution in [1.29, 1.82) is 0 Å². The highest BCUT2D eigenvalue weighted by atomic mass is 32.2. The van der Waals surface area contributed by atoms with Crippen LogP contribution in [0.15, 0.2) is 0 Å². The van der Waals surface area contributed by atoms with Gasteiger partial charge in [-0.05, 0) is 37.8 Å². The van der Waals surface area contributed by atoms with Crippen molar-refractivity contribution < 1.29 is 14.3 Å². The van der Waals surface area contributed by atoms with E-state index in [9.17, 15) is 9.59 Å². The molecule has 0 radical (unpaired) electrons. The zero-order valence-corrected chi connectivity index (χ0v) is 10.9. The molecule has 0 saturated heterocycles. The summed E-state index contributed by atoms with van der Waals surface area (Å²) in [5, 5.41) is 0. The molecular weight excluding hydrogens is 242 g/mol. The third kappa shape index (κ3) is 7.32. The Morgan fingerprint density at radius 1 is 1.18 bits per heavy atom. The van der Waals surface area contributed by atoms with E-state index < -0.39 is 24.0 Å². The molecule has 0 amide bonds. The molecule has 0 aliphatic carbocycles. The molecule has 0 unspecified atom stereocenters. The summed E-state index contributed by atoms with van der Waals surface area (Å²) in [5.41, 5.74) is 16.4. The lowest BCUT2D eigenvalue weighted by molar-refractivity contribution is -0.161. The van der Waals surface area contributed by atoms with Gasteiger partial charge in [0.1, 0.15) is 12.1 Å². The third-order valence-corrected chi connectivity index (χ3v) is 2.80. The van der Waals surface area contributed by atoms with Gasteiger partial charge in [0.15, 0.2) is 0 Å². The maximum atomic E-state index is 11.4. The Kier molecular flexibility index (Phi) is 9.06. The highest BCUT2D eigenvalue weighted by Crippen LogP contribution is 2.02. The van der Waals surface area contributed by atoms with E-state index in [0.29, 0.717) is 25.8 Å². The van der Waals surface area contributed by atoms with E-state index in [1.165, 1.54) is 0 Å². The average molecular weight is 263 g/mol. The molecule has 0 aliphatic rings. The highest BCUT2D eigenvalue weighted by Gasteiger charge is 2.22. The van der Waals surface area contributed by atoms with Crippen molar-refractivity contribution in [1.82, 2.24) is 0 Å². The van der Waals surface area contributed by atoms with E-state index in [0.717, 1.165) is 5.75 Å². The second kappa shape index (κ2) is 9.41. The number of rotatable bonds is 8. The molecule has 2 atom stereocenters. The zero-order chi connectivity index (χ0) is 13.3. The van der Waals surface area contributed by atoms with Crippen molar-refractivity contribution >= 4 is 23.7 Å². The minimum Gasteiger partial charge on any atom is -0.391 e. The van der Waals surface area contributed by atoms with Gasteiger partial charge in [0, 0.05) is 0 Å². The second-order valence-corrected chi connectivity index (χ2v) is 4.65. The molecule has 0 spiro atoms. The first-order valence-electron chi connectivity index (χ1n) is 5.48. The van der Waals surface area contributed by atoms with Crippen LogP contribution in [0.2, 0.25) is 0 Å². The van der Waals surface area contributed by atoms with Crippen molar-refractivity contribution in [2.24, 2.45) is 17.2 Å². The first-order chi connectivity index (χ1) is 8.02. The summed E-state index contributed by atoms with van der Waals surface area (Å²) in [7, 11) is 0. The van der Waals surface area contributed by atoms with Gasteiger partial charge in [0.2, 0.25) is 0 Å². The average Bonchev–Trinajstić information content (AvgIpc) is 2.32. The second-order valence-electron chi connectivity index (χ2n) is 3.67. The molecule has 0 aromatic rings. The minimum absolute atomic E-state index is 0.405. The molecular formula is C10H21N3O3S. The molecule has 0 aliphatic heterocycles. The smallest absolute Gasteiger partial charge is 0.330 e. The Morgan fingerprint density at radius 2 is 1.71 bits per heavy atom. The highest BCUT2D eigenvalue weighted by molar-refractivity contribution is 7.98. The minimum atomic E-state index is -0.810. The number of hydrogen-bond acceptors (Lipinski definition) is 7. The van der Waals surface area contributed by atoms with E-state index in [1.807, 2.05) is 6.26 Å². The van der Waals surface area contributed by atoms with Gasteiger partial charge in [-0.25, -0.2) is 9.59 Å². The molecule has 0 bridgehead atoms. The summed E-state index contributed by atoms with van der Waals surface area (Å²) in [6, 6.07) is -1.58. The van der Waals surface area contributed by atoms with Gasteiger partial charge in [0.25, 0.3) is 0 Å². The Morgan fingerprint density at radius 3 is 2.18 bits per heavy atom. The predicted octanol–water partition coefficient (Wildman–Crippen LogP) is -0.797. The van der Waals surface area contributed by atoms with Crippen LogP contribution in [0.25, 0.3) is 0 Å². The van der Waals surface area contributed by atoms with Crippen LogP contribution in [0.4, 0.5) is 0 Å². The van der Waals surface area contributed by atoms with Crippen LogP contribution in [0.1, 0.15) is 19.3 Å². The van der Waals surface area contributed by atoms with E-state index in [1.54, 1.807) is 11.8 Å². The Balaban J connectivity index is 3.97. The van der Waals surface area contributed by atoms with E-state index in [4.69, 9.17) is 17.2 Å². The molecule has 0 aromatic heterocycles. The summed E-state index contributed by atoms with van der Waals surface area (Å²) in [5.74, 6) is -0.709. The summed E-state index contributed by atoms with van der Waals surface area (Å²) in [6.07, 6.45) is 3.41. The summed E-state index contributed by atoms with van der Waals surface area (Å²) in [6.45, 7) is 0.447. The number of carbonyl (C=O) groups excluding carboxylic acids is 2. The predicted molar refractivity (Wildman–Crippen MR) is 68.3 cm³/mol. The number of hydrogen-bond donors (Lipinski definition) is 3. The Labute approximate surface area is 106 Å². The van der Waals surface area contributed by atoms with Gasteiger partial charge < -0.3 is 21.9 Å². The molecule has 6 nitrogen and oxygen atoms in total. The van der Waals surface area contributed by atoms with Crippen LogP contribution in [0.5, 0.6) is 0 Å². The van der Waals surface area contributed by atoms with Crippen LogP contribution in [0, 0.1) is 0 Å². The zero-order valence-electron chi connectivity index (χ0n) is 10.1. The molecule has 0 heterocycles. The summed E-state index contributed by atoms with van der Waals surface area (Å²) >= 11 is 1.57. The molecule has 17 heavy (non-hydrogen) atoms. The Bertz CT molecular complexity index is 227. The lowest BCUT2D eigenvalue weighted by Crippen LogP contribution is -2.40. The number of carbonyl (C=O) groups is 2. The first kappa shape index (κ1) is 16.4. The van der Waals surface area contributed by atoms with Crippen molar-refractivity contribution in [3.8, 4) is 0 Å². The van der Waals surface area contributed by atoms with Crippen molar-refractivity contribution in [2.75, 3.05) is 18.6 Å². The van der Waals surface area contributed by atoms with Crippen molar-refractivity contribution in [3.63, 3.8) is 0 Å². The van der Waals surface area contributed by atoms with Gasteiger partial charge in [0.05, 0.1) is 0 Å². The van der Waals surface area contributed by atoms with Crippen molar-refractivity contribution in [2.45, 2.75) is 31.3 Å². The van der Waals surface area contributed by atoms with Crippen LogP contribution < -0.4 is 17.2 Å². The molecule has 0 saturated carbocycles. The van der Waals surface area contributed by atoms with E-state index >= 15 is 0 Å². The van der Waals surface area contributed by atoms with Crippen LogP contribution >= 0.6 is 11.8 Å². The van der Waals surface area contributed by atoms with Crippen molar-refractivity contribution in [3.05, 3.63) is 0 Å². The van der Waals surface area contributed by atoms with E-state index in [-0.39, 0.29) is 0 Å². The number of esters is 2. The normalized spacial score (nSPS) is 14.1. The number of nitrogens with two attached hydrogens (primary N) is 3. The lowest BCUT2D eigenvalue weighted by atomic mass is 10.2. The monoisotopic (exact) mass is 263 g/mol. The fraction of sp³-hybridized carbons (Fsp3) is 0.800. The molecule has 0 aromatic carbocycles. The number of thioether (sulfide) groups is 1. The van der Waals surface area contributed by atoms with Crippen LogP contribution in [0.3, 0.4) is 0 Å². The molecule has 6 N–H and O–H groups in total. The van der Waals surface area contributed by atoms with E-state index in [2.05, 4.69) is 4.74 Å². The van der Waals surface area contributed by atoms with Gasteiger partial charge in [-0.3, -0.25) is 0 Å². The maximum Gasteiger partial charge on any atom is 0.330 e. The fourth-order valence-corrected chi connectivity index (χ4v) is 1.56. The summed E-state index contributed by atoms with van der Waals surface area (Å²) in [4.78, 5) is 22.7. The third-order valence-electron chi connectivity index (χ3n) is 2.16. The fourth-order valence-electron chi connectivity index (χ4n) is 1.07. The first-order valence-corrected chi connectivity index (χ1v) is 6.88. The SMILES string of the molecule is CSCC[C@H](N)C(=O)OC(=O)[C@@H](N)CCCN. The van der Waals surface area contributed by atoms with Gasteiger partial charge in [-0.1, -0.05) is 0 Å². The lowest BCUT2D eigenvalue weighted by Gasteiger charge is -2.12. The molecule has 0 fully saturated rings. The molecule has 0 rings (SSSR count).